The molecule has 0 unspecified atom stereocenters. The van der Waals surface area contributed by atoms with Crippen LogP contribution < -0.4 is 0 Å². The Balaban J connectivity index is 1.99. The van der Waals surface area contributed by atoms with Gasteiger partial charge in [0.15, 0.2) is 0 Å². The zero-order valence-electron chi connectivity index (χ0n) is 10.6. The summed E-state index contributed by atoms with van der Waals surface area (Å²) in [7, 11) is 0. The Bertz CT molecular complexity index is 549. The van der Waals surface area contributed by atoms with E-state index in [9.17, 15) is 4.79 Å². The lowest BCUT2D eigenvalue weighted by Crippen LogP contribution is -2.10. The first kappa shape index (κ1) is 11.5. The molecule has 18 heavy (non-hydrogen) atoms. The van der Waals surface area contributed by atoms with Gasteiger partial charge >= 0.3 is 0 Å². The largest absolute Gasteiger partial charge is 0.344 e. The third kappa shape index (κ3) is 2.07. The van der Waals surface area contributed by atoms with Gasteiger partial charge in [0.1, 0.15) is 6.29 Å². The van der Waals surface area contributed by atoms with Gasteiger partial charge in [-0.25, -0.2) is 0 Å². The zero-order valence-corrected chi connectivity index (χ0v) is 10.6. The average Bonchev–Trinajstić information content (AvgIpc) is 3.00. The molecular formula is C16H19NO. The van der Waals surface area contributed by atoms with E-state index in [1.807, 2.05) is 0 Å². The van der Waals surface area contributed by atoms with E-state index in [0.717, 1.165) is 24.4 Å². The van der Waals surface area contributed by atoms with Crippen molar-refractivity contribution in [1.29, 1.82) is 0 Å². The first-order valence-corrected chi connectivity index (χ1v) is 6.89. The van der Waals surface area contributed by atoms with Gasteiger partial charge in [0, 0.05) is 24.2 Å². The van der Waals surface area contributed by atoms with Crippen molar-refractivity contribution in [3.05, 3.63) is 36.0 Å². The minimum absolute atomic E-state index is 0.529. The van der Waals surface area contributed by atoms with Gasteiger partial charge in [0.2, 0.25) is 0 Å². The van der Waals surface area contributed by atoms with E-state index in [4.69, 9.17) is 0 Å². The van der Waals surface area contributed by atoms with Gasteiger partial charge < -0.3 is 9.36 Å². The maximum atomic E-state index is 10.8. The van der Waals surface area contributed by atoms with Crippen LogP contribution in [0.5, 0.6) is 0 Å². The summed E-state index contributed by atoms with van der Waals surface area (Å²) < 4.78 is 2.36. The molecule has 0 aliphatic heterocycles. The molecule has 1 aliphatic carbocycles. The first-order valence-electron chi connectivity index (χ1n) is 6.89. The molecule has 2 nitrogen and oxygen atoms in total. The van der Waals surface area contributed by atoms with Gasteiger partial charge in [-0.05, 0) is 36.3 Å². The highest BCUT2D eigenvalue weighted by Crippen LogP contribution is 2.29. The number of carbonyl (C=O) groups is 1. The average molecular weight is 241 g/mol. The molecule has 0 bridgehead atoms. The number of para-hydroxylation sites is 1. The number of hydrogen-bond acceptors (Lipinski definition) is 1. The summed E-state index contributed by atoms with van der Waals surface area (Å²) in [6.45, 7) is 1.08. The molecule has 2 heteroatoms. The quantitative estimate of drug-likeness (QED) is 0.750. The fourth-order valence-electron chi connectivity index (χ4n) is 3.19. The molecule has 3 rings (SSSR count). The minimum Gasteiger partial charge on any atom is -0.344 e. The summed E-state index contributed by atoms with van der Waals surface area (Å²) in [6, 6.07) is 10.6. The van der Waals surface area contributed by atoms with Gasteiger partial charge in [0.25, 0.3) is 0 Å². The molecule has 0 spiro atoms. The van der Waals surface area contributed by atoms with E-state index in [-0.39, 0.29) is 0 Å². The molecule has 1 fully saturated rings. The lowest BCUT2D eigenvalue weighted by Gasteiger charge is -2.14. The number of nitrogens with zero attached hydrogens (tertiary/aromatic N) is 1. The molecule has 1 aromatic heterocycles. The van der Waals surface area contributed by atoms with Gasteiger partial charge in [-0.3, -0.25) is 0 Å². The molecule has 0 amide bonds. The second kappa shape index (κ2) is 4.97. The Morgan fingerprint density at radius 2 is 2.00 bits per heavy atom. The van der Waals surface area contributed by atoms with Crippen molar-refractivity contribution in [2.45, 2.75) is 38.6 Å². The minimum atomic E-state index is 0.529. The molecule has 2 aromatic rings. The molecule has 0 radical (unpaired) electrons. The fourth-order valence-corrected chi connectivity index (χ4v) is 3.19. The molecule has 0 N–H and O–H groups in total. The third-order valence-corrected chi connectivity index (χ3v) is 4.10. The van der Waals surface area contributed by atoms with Gasteiger partial charge in [-0.1, -0.05) is 31.0 Å². The van der Waals surface area contributed by atoms with E-state index in [1.165, 1.54) is 36.6 Å². The predicted octanol–water partition coefficient (Wildman–Crippen LogP) is 3.57. The van der Waals surface area contributed by atoms with Crippen molar-refractivity contribution in [2.24, 2.45) is 5.92 Å². The van der Waals surface area contributed by atoms with Crippen LogP contribution in [-0.2, 0) is 17.8 Å². The Hall–Kier alpha value is -1.57. The Labute approximate surface area is 108 Å². The summed E-state index contributed by atoms with van der Waals surface area (Å²) in [5, 5.41) is 1.26. The van der Waals surface area contributed by atoms with Crippen molar-refractivity contribution in [3.63, 3.8) is 0 Å². The first-order chi connectivity index (χ1) is 8.88. The van der Waals surface area contributed by atoms with Crippen LogP contribution in [0.15, 0.2) is 30.3 Å². The standard InChI is InChI=1S/C16H19NO/c18-10-9-15-11-14-7-3-4-8-16(14)17(15)12-13-5-1-2-6-13/h3-4,7-8,10-11,13H,1-2,5-6,9,12H2. The summed E-state index contributed by atoms with van der Waals surface area (Å²) >= 11 is 0. The number of carbonyl (C=O) groups excluding carboxylic acids is 1. The Kier molecular flexibility index (Phi) is 3.18. The van der Waals surface area contributed by atoms with Crippen LogP contribution in [-0.4, -0.2) is 10.9 Å². The van der Waals surface area contributed by atoms with Gasteiger partial charge in [-0.15, -0.1) is 0 Å². The normalized spacial score (nSPS) is 16.4. The molecular weight excluding hydrogens is 222 g/mol. The topological polar surface area (TPSA) is 22.0 Å². The van der Waals surface area contributed by atoms with Crippen LogP contribution in [0.2, 0.25) is 0 Å². The number of aromatic nitrogens is 1. The Morgan fingerprint density at radius 1 is 1.22 bits per heavy atom. The number of aldehydes is 1. The predicted molar refractivity (Wildman–Crippen MR) is 73.7 cm³/mol. The third-order valence-electron chi connectivity index (χ3n) is 4.10. The van der Waals surface area contributed by atoms with Crippen molar-refractivity contribution in [2.75, 3.05) is 0 Å². The van der Waals surface area contributed by atoms with Crippen LogP contribution in [0.4, 0.5) is 0 Å². The molecule has 1 aliphatic rings. The van der Waals surface area contributed by atoms with Crippen LogP contribution >= 0.6 is 0 Å². The molecule has 1 aromatic carbocycles. The molecule has 0 atom stereocenters. The summed E-state index contributed by atoms with van der Waals surface area (Å²) in [5.74, 6) is 0.797. The van der Waals surface area contributed by atoms with Gasteiger partial charge in [-0.2, -0.15) is 0 Å². The second-order valence-corrected chi connectivity index (χ2v) is 5.33. The Morgan fingerprint density at radius 3 is 2.78 bits per heavy atom. The number of fused-ring (bicyclic) bond motifs is 1. The zero-order chi connectivity index (χ0) is 12.4. The maximum absolute atomic E-state index is 10.8. The van der Waals surface area contributed by atoms with E-state index >= 15 is 0 Å². The molecule has 1 heterocycles. The van der Waals surface area contributed by atoms with Crippen LogP contribution in [0.3, 0.4) is 0 Å². The highest BCUT2D eigenvalue weighted by Gasteiger charge is 2.18. The van der Waals surface area contributed by atoms with Crippen LogP contribution in [0.25, 0.3) is 10.9 Å². The van der Waals surface area contributed by atoms with Crippen LogP contribution in [0.1, 0.15) is 31.4 Å². The van der Waals surface area contributed by atoms with Crippen LogP contribution in [0, 0.1) is 5.92 Å². The van der Waals surface area contributed by atoms with Gasteiger partial charge in [0.05, 0.1) is 0 Å². The van der Waals surface area contributed by atoms with E-state index in [0.29, 0.717) is 6.42 Å². The SMILES string of the molecule is O=CCc1cc2ccccc2n1CC1CCCC1. The molecule has 94 valence electrons. The summed E-state index contributed by atoms with van der Waals surface area (Å²) in [5.41, 5.74) is 2.44. The highest BCUT2D eigenvalue weighted by atomic mass is 16.1. The summed E-state index contributed by atoms with van der Waals surface area (Å²) in [4.78, 5) is 10.8. The van der Waals surface area contributed by atoms with Crippen molar-refractivity contribution >= 4 is 17.2 Å². The van der Waals surface area contributed by atoms with Crippen molar-refractivity contribution < 1.29 is 4.79 Å². The van der Waals surface area contributed by atoms with E-state index in [2.05, 4.69) is 34.9 Å². The van der Waals surface area contributed by atoms with E-state index in [1.54, 1.807) is 0 Å². The van der Waals surface area contributed by atoms with E-state index < -0.39 is 0 Å². The lowest BCUT2D eigenvalue weighted by molar-refractivity contribution is -0.107. The fraction of sp³-hybridized carbons (Fsp3) is 0.438. The monoisotopic (exact) mass is 241 g/mol. The smallest absolute Gasteiger partial charge is 0.125 e. The highest BCUT2D eigenvalue weighted by molar-refractivity contribution is 5.82. The van der Waals surface area contributed by atoms with Crippen molar-refractivity contribution in [3.8, 4) is 0 Å². The maximum Gasteiger partial charge on any atom is 0.125 e. The second-order valence-electron chi connectivity index (χ2n) is 5.33. The number of hydrogen-bond donors (Lipinski definition) is 0. The van der Waals surface area contributed by atoms with Crippen molar-refractivity contribution in [1.82, 2.24) is 4.57 Å². The molecule has 0 saturated heterocycles. The summed E-state index contributed by atoms with van der Waals surface area (Å²) in [6.07, 6.45) is 6.96. The number of benzene rings is 1. The molecule has 1 saturated carbocycles. The lowest BCUT2D eigenvalue weighted by atomic mass is 10.1. The number of rotatable bonds is 4.